The maximum Gasteiger partial charge on any atom is 0.490 e. The fourth-order valence-electron chi connectivity index (χ4n) is 5.63. The van der Waals surface area contributed by atoms with Crippen molar-refractivity contribution in [1.82, 2.24) is 20.0 Å². The number of nitrogens with zero attached hydrogens (tertiary/aromatic N) is 3. The first-order chi connectivity index (χ1) is 17.4. The summed E-state index contributed by atoms with van der Waals surface area (Å²) in [6.07, 6.45) is 0.775. The van der Waals surface area contributed by atoms with Gasteiger partial charge in [-0.3, -0.25) is 4.79 Å². The number of likely N-dealkylation sites (tertiary alicyclic amines) is 2. The van der Waals surface area contributed by atoms with Crippen molar-refractivity contribution in [2.45, 2.75) is 56.0 Å². The van der Waals surface area contributed by atoms with Crippen LogP contribution in [0.4, 0.5) is 18.0 Å². The van der Waals surface area contributed by atoms with Gasteiger partial charge in [-0.2, -0.15) is 13.2 Å². The van der Waals surface area contributed by atoms with Crippen LogP contribution in [0.15, 0.2) is 24.3 Å². The zero-order valence-electron chi connectivity index (χ0n) is 21.5. The van der Waals surface area contributed by atoms with E-state index in [-0.39, 0.29) is 23.3 Å². The molecule has 1 spiro atoms. The number of fused-ring (bicyclic) bond motifs is 2. The summed E-state index contributed by atoms with van der Waals surface area (Å²) < 4.78 is 31.7. The molecule has 1 aromatic rings. The standard InChI is InChI=1S/C24H36N4O2.C2HF3O2/c1-26(2)16-11-25-22(29)17-19-18-24(21-8-4-3-7-20(19)21)9-14-28(15-10-24)23(30)27-12-5-6-13-27;3-2(4,5)1(6)7/h3-4,7-8,19H,5-6,9-18H2,1-2H3,(H,25,29);(H,6,7). The number of hydrogen-bond donors (Lipinski definition) is 2. The number of nitrogens with one attached hydrogen (secondary N) is 1. The lowest BCUT2D eigenvalue weighted by Crippen LogP contribution is -2.49. The molecule has 1 atom stereocenters. The molecule has 0 radical (unpaired) electrons. The molecule has 37 heavy (non-hydrogen) atoms. The van der Waals surface area contributed by atoms with E-state index in [0.29, 0.717) is 13.0 Å². The summed E-state index contributed by atoms with van der Waals surface area (Å²) in [6.45, 7) is 5.02. The largest absolute Gasteiger partial charge is 0.490 e. The quantitative estimate of drug-likeness (QED) is 0.614. The van der Waals surface area contributed by atoms with Crippen LogP contribution in [0.25, 0.3) is 0 Å². The minimum atomic E-state index is -5.08. The lowest BCUT2D eigenvalue weighted by atomic mass is 9.73. The number of aliphatic carboxylic acids is 1. The maximum absolute atomic E-state index is 12.8. The number of carboxylic acids is 1. The van der Waals surface area contributed by atoms with E-state index in [0.717, 1.165) is 64.8 Å². The molecular weight excluding hydrogens is 489 g/mol. The summed E-state index contributed by atoms with van der Waals surface area (Å²) in [6, 6.07) is 8.93. The number of amides is 3. The number of carbonyl (C=O) groups is 3. The number of rotatable bonds is 5. The van der Waals surface area contributed by atoms with Crippen LogP contribution in [0.3, 0.4) is 0 Å². The Morgan fingerprint density at radius 1 is 1.05 bits per heavy atom. The average molecular weight is 527 g/mol. The smallest absolute Gasteiger partial charge is 0.475 e. The van der Waals surface area contributed by atoms with Crippen LogP contribution in [0.2, 0.25) is 0 Å². The highest BCUT2D eigenvalue weighted by atomic mass is 19.4. The van der Waals surface area contributed by atoms with Gasteiger partial charge in [-0.05, 0) is 68.7 Å². The Bertz CT molecular complexity index is 955. The Labute approximate surface area is 215 Å². The lowest BCUT2D eigenvalue weighted by molar-refractivity contribution is -0.192. The third kappa shape index (κ3) is 7.37. The van der Waals surface area contributed by atoms with Crippen molar-refractivity contribution in [3.63, 3.8) is 0 Å². The molecule has 2 N–H and O–H groups in total. The van der Waals surface area contributed by atoms with E-state index in [1.54, 1.807) is 0 Å². The number of alkyl halides is 3. The number of halogens is 3. The molecule has 3 amide bonds. The molecule has 1 aliphatic carbocycles. The molecule has 1 aromatic carbocycles. The van der Waals surface area contributed by atoms with E-state index >= 15 is 0 Å². The number of piperidine rings is 1. The van der Waals surface area contributed by atoms with Crippen LogP contribution in [0.5, 0.6) is 0 Å². The molecule has 1 unspecified atom stereocenters. The van der Waals surface area contributed by atoms with Crippen molar-refractivity contribution in [3.05, 3.63) is 35.4 Å². The van der Waals surface area contributed by atoms with Crippen LogP contribution in [-0.4, -0.2) is 97.3 Å². The van der Waals surface area contributed by atoms with Gasteiger partial charge in [-0.25, -0.2) is 9.59 Å². The van der Waals surface area contributed by atoms with E-state index in [2.05, 4.69) is 39.4 Å². The van der Waals surface area contributed by atoms with E-state index in [1.807, 2.05) is 19.0 Å². The summed E-state index contributed by atoms with van der Waals surface area (Å²) in [4.78, 5) is 40.4. The third-order valence-electron chi connectivity index (χ3n) is 7.53. The number of hydrogen-bond acceptors (Lipinski definition) is 4. The normalized spacial score (nSPS) is 20.4. The minimum Gasteiger partial charge on any atom is -0.475 e. The zero-order valence-corrected chi connectivity index (χ0v) is 21.5. The number of carboxylic acid groups (broad SMARTS) is 1. The van der Waals surface area contributed by atoms with E-state index in [1.165, 1.54) is 11.1 Å². The molecule has 0 aromatic heterocycles. The van der Waals surface area contributed by atoms with Gasteiger partial charge in [0.25, 0.3) is 0 Å². The van der Waals surface area contributed by atoms with Crippen LogP contribution in [-0.2, 0) is 15.0 Å². The van der Waals surface area contributed by atoms with Gasteiger partial charge in [0.2, 0.25) is 5.91 Å². The van der Waals surface area contributed by atoms with Gasteiger partial charge >= 0.3 is 18.2 Å². The van der Waals surface area contributed by atoms with Gasteiger partial charge in [-0.1, -0.05) is 24.3 Å². The van der Waals surface area contributed by atoms with Crippen LogP contribution >= 0.6 is 0 Å². The number of urea groups is 1. The molecule has 0 bridgehead atoms. The highest BCUT2D eigenvalue weighted by Crippen LogP contribution is 2.52. The Kier molecular flexibility index (Phi) is 9.44. The second-order valence-corrected chi connectivity index (χ2v) is 10.4. The maximum atomic E-state index is 12.8. The summed E-state index contributed by atoms with van der Waals surface area (Å²) >= 11 is 0. The molecular formula is C26H37F3N4O4. The summed E-state index contributed by atoms with van der Waals surface area (Å²) in [5.41, 5.74) is 2.89. The highest BCUT2D eigenvalue weighted by Gasteiger charge is 2.46. The monoisotopic (exact) mass is 526 g/mol. The van der Waals surface area contributed by atoms with Crippen LogP contribution in [0, 0.1) is 0 Å². The minimum absolute atomic E-state index is 0.118. The molecule has 206 valence electrons. The Balaban J connectivity index is 0.000000479. The first-order valence-corrected chi connectivity index (χ1v) is 12.8. The van der Waals surface area contributed by atoms with Crippen LogP contribution in [0.1, 0.15) is 55.6 Å². The molecule has 2 saturated heterocycles. The van der Waals surface area contributed by atoms with Crippen molar-refractivity contribution < 1.29 is 32.7 Å². The van der Waals surface area contributed by atoms with Crippen molar-refractivity contribution in [3.8, 4) is 0 Å². The second-order valence-electron chi connectivity index (χ2n) is 10.4. The fraction of sp³-hybridized carbons (Fsp3) is 0.654. The van der Waals surface area contributed by atoms with Crippen LogP contribution < -0.4 is 5.32 Å². The van der Waals surface area contributed by atoms with Crippen molar-refractivity contribution in [2.24, 2.45) is 0 Å². The molecule has 0 saturated carbocycles. The van der Waals surface area contributed by atoms with Crippen molar-refractivity contribution in [2.75, 3.05) is 53.4 Å². The van der Waals surface area contributed by atoms with Gasteiger partial charge < -0.3 is 25.1 Å². The summed E-state index contributed by atoms with van der Waals surface area (Å²) in [5, 5.41) is 10.2. The molecule has 2 fully saturated rings. The number of carbonyl (C=O) groups excluding carboxylic acids is 2. The molecule has 2 aliphatic heterocycles. The Morgan fingerprint density at radius 2 is 1.62 bits per heavy atom. The van der Waals surface area contributed by atoms with Gasteiger partial charge in [0.1, 0.15) is 0 Å². The van der Waals surface area contributed by atoms with E-state index in [9.17, 15) is 22.8 Å². The average Bonchev–Trinajstić information content (AvgIpc) is 3.47. The van der Waals surface area contributed by atoms with Gasteiger partial charge in [-0.15, -0.1) is 0 Å². The molecule has 11 heteroatoms. The van der Waals surface area contributed by atoms with Gasteiger partial charge in [0.05, 0.1) is 0 Å². The first-order valence-electron chi connectivity index (χ1n) is 12.8. The SMILES string of the molecule is CN(C)CCNC(=O)CC1CC2(CCN(C(=O)N3CCCC3)CC2)c2ccccc21.O=C(O)C(F)(F)F. The van der Waals surface area contributed by atoms with Gasteiger partial charge in [0.15, 0.2) is 0 Å². The van der Waals surface area contributed by atoms with Crippen molar-refractivity contribution >= 4 is 17.9 Å². The second kappa shape index (κ2) is 12.1. The Hall–Kier alpha value is -2.82. The summed E-state index contributed by atoms with van der Waals surface area (Å²) in [7, 11) is 4.04. The van der Waals surface area contributed by atoms with E-state index in [4.69, 9.17) is 9.90 Å². The molecule has 8 nitrogen and oxygen atoms in total. The Morgan fingerprint density at radius 3 is 2.19 bits per heavy atom. The number of likely N-dealkylation sites (N-methyl/N-ethyl adjacent to an activating group) is 1. The molecule has 3 aliphatic rings. The fourth-order valence-corrected chi connectivity index (χ4v) is 5.63. The molecule has 4 rings (SSSR count). The first kappa shape index (κ1) is 28.7. The predicted octanol–water partition coefficient (Wildman–Crippen LogP) is 3.42. The zero-order chi connectivity index (χ0) is 27.2. The third-order valence-corrected chi connectivity index (χ3v) is 7.53. The van der Waals surface area contributed by atoms with Crippen molar-refractivity contribution in [1.29, 1.82) is 0 Å². The number of benzene rings is 1. The molecule has 2 heterocycles. The summed E-state index contributed by atoms with van der Waals surface area (Å²) in [5.74, 6) is -2.33. The van der Waals surface area contributed by atoms with E-state index < -0.39 is 12.1 Å². The van der Waals surface area contributed by atoms with Gasteiger partial charge in [0, 0.05) is 45.7 Å². The lowest BCUT2D eigenvalue weighted by Gasteiger charge is -2.41. The topological polar surface area (TPSA) is 93.2 Å². The highest BCUT2D eigenvalue weighted by molar-refractivity contribution is 5.77. The predicted molar refractivity (Wildman–Crippen MR) is 132 cm³/mol.